The fourth-order valence-corrected chi connectivity index (χ4v) is 6.13. The highest BCUT2D eigenvalue weighted by Crippen LogP contribution is 2.23. The minimum atomic E-state index is -3.10. The molecule has 2 aromatic rings. The number of rotatable bonds is 3. The molecule has 0 bridgehead atoms. The van der Waals surface area contributed by atoms with Gasteiger partial charge in [-0.2, -0.15) is 0 Å². The van der Waals surface area contributed by atoms with E-state index in [2.05, 4.69) is 34.0 Å². The number of hydrogen-bond acceptors (Lipinski definition) is 5. The molecule has 2 fully saturated rings. The summed E-state index contributed by atoms with van der Waals surface area (Å²) < 4.78 is 26.0. The van der Waals surface area contributed by atoms with Crippen molar-refractivity contribution in [1.29, 1.82) is 0 Å². The van der Waals surface area contributed by atoms with E-state index in [1.54, 1.807) is 4.90 Å². The second-order valence-corrected chi connectivity index (χ2v) is 9.69. The van der Waals surface area contributed by atoms with Crippen molar-refractivity contribution in [2.75, 3.05) is 24.6 Å². The van der Waals surface area contributed by atoms with Crippen LogP contribution in [0.4, 0.5) is 4.79 Å². The van der Waals surface area contributed by atoms with Crippen molar-refractivity contribution in [2.24, 2.45) is 0 Å². The molecule has 9 heteroatoms. The predicted molar refractivity (Wildman–Crippen MR) is 103 cm³/mol. The van der Waals surface area contributed by atoms with Crippen LogP contribution in [-0.4, -0.2) is 65.6 Å². The van der Waals surface area contributed by atoms with Gasteiger partial charge in [-0.15, -0.1) is 0 Å². The number of piperazine rings is 1. The van der Waals surface area contributed by atoms with Gasteiger partial charge in [0.05, 0.1) is 35.1 Å². The fraction of sp³-hybridized carbons (Fsp3) is 0.556. The van der Waals surface area contributed by atoms with E-state index < -0.39 is 9.84 Å². The van der Waals surface area contributed by atoms with Crippen molar-refractivity contribution in [1.82, 2.24) is 25.1 Å². The van der Waals surface area contributed by atoms with Crippen LogP contribution < -0.4 is 10.6 Å². The zero-order valence-corrected chi connectivity index (χ0v) is 16.4. The van der Waals surface area contributed by atoms with Crippen molar-refractivity contribution in [3.05, 3.63) is 30.1 Å². The minimum Gasteiger partial charge on any atom is -0.331 e. The number of carbonyl (C=O) groups is 1. The van der Waals surface area contributed by atoms with Gasteiger partial charge in [0.1, 0.15) is 5.82 Å². The van der Waals surface area contributed by atoms with E-state index in [9.17, 15) is 13.2 Å². The lowest BCUT2D eigenvalue weighted by Crippen LogP contribution is -2.60. The van der Waals surface area contributed by atoms with Gasteiger partial charge in [0, 0.05) is 25.2 Å². The Morgan fingerprint density at radius 3 is 2.89 bits per heavy atom. The van der Waals surface area contributed by atoms with E-state index in [0.717, 1.165) is 16.9 Å². The topological polar surface area (TPSA) is 96.3 Å². The van der Waals surface area contributed by atoms with Crippen LogP contribution in [0.15, 0.2) is 24.3 Å². The Balaban J connectivity index is 1.51. The van der Waals surface area contributed by atoms with Gasteiger partial charge < -0.3 is 20.1 Å². The normalized spacial score (nSPS) is 24.3. The molecule has 2 unspecified atom stereocenters. The SMILES string of the molecule is CC(C)n1c(CNC(=O)N2CCNC3CS(=O)(=O)CC32)nc2ccccc21. The van der Waals surface area contributed by atoms with Crippen molar-refractivity contribution in [3.8, 4) is 0 Å². The van der Waals surface area contributed by atoms with Crippen LogP contribution in [0.2, 0.25) is 0 Å². The highest BCUT2D eigenvalue weighted by atomic mass is 32.2. The van der Waals surface area contributed by atoms with Crippen LogP contribution in [0.1, 0.15) is 25.7 Å². The number of para-hydroxylation sites is 2. The maximum absolute atomic E-state index is 12.8. The number of sulfone groups is 1. The van der Waals surface area contributed by atoms with Gasteiger partial charge in [-0.25, -0.2) is 18.2 Å². The molecule has 2 amide bonds. The molecule has 2 aliphatic heterocycles. The summed E-state index contributed by atoms with van der Waals surface area (Å²) in [5.41, 5.74) is 1.94. The zero-order valence-electron chi connectivity index (χ0n) is 15.6. The fourth-order valence-electron chi connectivity index (χ4n) is 4.17. The van der Waals surface area contributed by atoms with Crippen LogP contribution in [0, 0.1) is 0 Å². The molecule has 27 heavy (non-hydrogen) atoms. The third-order valence-electron chi connectivity index (χ3n) is 5.33. The number of carbonyl (C=O) groups excluding carboxylic acids is 1. The number of imidazole rings is 1. The molecule has 2 aliphatic rings. The van der Waals surface area contributed by atoms with E-state index in [1.165, 1.54) is 0 Å². The maximum Gasteiger partial charge on any atom is 0.318 e. The quantitative estimate of drug-likeness (QED) is 0.810. The Hall–Kier alpha value is -2.13. The molecular formula is C18H25N5O3S. The van der Waals surface area contributed by atoms with Crippen LogP contribution in [0.25, 0.3) is 11.0 Å². The van der Waals surface area contributed by atoms with Crippen LogP contribution >= 0.6 is 0 Å². The summed E-state index contributed by atoms with van der Waals surface area (Å²) in [6.07, 6.45) is 0. The molecule has 1 aromatic carbocycles. The van der Waals surface area contributed by atoms with Crippen molar-refractivity contribution < 1.29 is 13.2 Å². The monoisotopic (exact) mass is 391 g/mol. The number of urea groups is 1. The molecule has 0 spiro atoms. The van der Waals surface area contributed by atoms with E-state index >= 15 is 0 Å². The Bertz CT molecular complexity index is 969. The third kappa shape index (κ3) is 3.41. The number of hydrogen-bond donors (Lipinski definition) is 2. The van der Waals surface area contributed by atoms with Crippen molar-refractivity contribution in [2.45, 2.75) is 38.5 Å². The van der Waals surface area contributed by atoms with Gasteiger partial charge in [-0.1, -0.05) is 12.1 Å². The highest BCUT2D eigenvalue weighted by molar-refractivity contribution is 7.91. The Morgan fingerprint density at radius 1 is 1.33 bits per heavy atom. The molecule has 3 heterocycles. The van der Waals surface area contributed by atoms with Crippen molar-refractivity contribution >= 4 is 26.9 Å². The van der Waals surface area contributed by atoms with Gasteiger partial charge >= 0.3 is 6.03 Å². The summed E-state index contributed by atoms with van der Waals surface area (Å²) >= 11 is 0. The van der Waals surface area contributed by atoms with Crippen LogP contribution in [0.5, 0.6) is 0 Å². The molecule has 2 N–H and O–H groups in total. The summed E-state index contributed by atoms with van der Waals surface area (Å²) in [5.74, 6) is 0.929. The van der Waals surface area contributed by atoms with Crippen LogP contribution in [-0.2, 0) is 16.4 Å². The number of aromatic nitrogens is 2. The maximum atomic E-state index is 12.8. The number of nitrogens with one attached hydrogen (secondary N) is 2. The van der Waals surface area contributed by atoms with Gasteiger partial charge in [-0.3, -0.25) is 0 Å². The number of benzene rings is 1. The molecule has 4 rings (SSSR count). The first-order chi connectivity index (χ1) is 12.9. The third-order valence-corrected chi connectivity index (χ3v) is 7.04. The average Bonchev–Trinajstić information content (AvgIpc) is 3.14. The number of fused-ring (bicyclic) bond motifs is 2. The molecule has 0 radical (unpaired) electrons. The van der Waals surface area contributed by atoms with Crippen molar-refractivity contribution in [3.63, 3.8) is 0 Å². The lowest BCUT2D eigenvalue weighted by molar-refractivity contribution is 0.151. The van der Waals surface area contributed by atoms with Gasteiger partial charge in [-0.05, 0) is 26.0 Å². The Labute approximate surface area is 158 Å². The highest BCUT2D eigenvalue weighted by Gasteiger charge is 2.44. The summed E-state index contributed by atoms with van der Waals surface area (Å²) in [4.78, 5) is 19.1. The van der Waals surface area contributed by atoms with E-state index in [-0.39, 0.29) is 35.7 Å². The Morgan fingerprint density at radius 2 is 2.11 bits per heavy atom. The average molecular weight is 391 g/mol. The van der Waals surface area contributed by atoms with Crippen LogP contribution in [0.3, 0.4) is 0 Å². The summed E-state index contributed by atoms with van der Waals surface area (Å²) in [6.45, 7) is 5.59. The van der Waals surface area contributed by atoms with Gasteiger partial charge in [0.2, 0.25) is 0 Å². The molecular weight excluding hydrogens is 366 g/mol. The van der Waals surface area contributed by atoms with E-state index in [0.29, 0.717) is 19.6 Å². The summed E-state index contributed by atoms with van der Waals surface area (Å²) in [5, 5.41) is 6.17. The molecule has 0 saturated carbocycles. The second kappa shape index (κ2) is 6.79. The summed E-state index contributed by atoms with van der Waals surface area (Å²) in [6, 6.07) is 7.43. The minimum absolute atomic E-state index is 0.0304. The van der Waals surface area contributed by atoms with E-state index in [1.807, 2.05) is 24.3 Å². The first-order valence-electron chi connectivity index (χ1n) is 9.30. The molecule has 146 valence electrons. The molecule has 1 aromatic heterocycles. The first kappa shape index (κ1) is 18.2. The molecule has 2 atom stereocenters. The Kier molecular flexibility index (Phi) is 4.59. The van der Waals surface area contributed by atoms with Gasteiger partial charge in [0.25, 0.3) is 0 Å². The lowest BCUT2D eigenvalue weighted by Gasteiger charge is -2.37. The largest absolute Gasteiger partial charge is 0.331 e. The first-order valence-corrected chi connectivity index (χ1v) is 11.1. The zero-order chi connectivity index (χ0) is 19.2. The molecule has 2 saturated heterocycles. The number of amides is 2. The summed E-state index contributed by atoms with van der Waals surface area (Å²) in [7, 11) is -3.10. The van der Waals surface area contributed by atoms with Gasteiger partial charge in [0.15, 0.2) is 9.84 Å². The molecule has 0 aliphatic carbocycles. The second-order valence-electron chi connectivity index (χ2n) is 7.54. The van der Waals surface area contributed by atoms with E-state index in [4.69, 9.17) is 0 Å². The number of nitrogens with zero attached hydrogens (tertiary/aromatic N) is 3. The molecule has 8 nitrogen and oxygen atoms in total. The lowest BCUT2D eigenvalue weighted by atomic mass is 10.1. The smallest absolute Gasteiger partial charge is 0.318 e. The predicted octanol–water partition coefficient (Wildman–Crippen LogP) is 0.898. The standard InChI is InChI=1S/C18H25N5O3S/c1-12(2)23-15-6-4-3-5-13(15)21-17(23)9-20-18(24)22-8-7-19-14-10-27(25,26)11-16(14)22/h3-6,12,14,16,19H,7-11H2,1-2H3,(H,20,24).